The second-order valence-electron chi connectivity index (χ2n) is 5.74. The van der Waals surface area contributed by atoms with E-state index in [0.29, 0.717) is 12.1 Å². The molecule has 5 heteroatoms. The van der Waals surface area contributed by atoms with E-state index in [9.17, 15) is 9.59 Å². The molecule has 2 aliphatic carbocycles. The van der Waals surface area contributed by atoms with Crippen LogP contribution in [0.15, 0.2) is 0 Å². The van der Waals surface area contributed by atoms with Crippen LogP contribution in [0.1, 0.15) is 64.2 Å². The van der Waals surface area contributed by atoms with Crippen molar-refractivity contribution < 1.29 is 9.59 Å². The summed E-state index contributed by atoms with van der Waals surface area (Å²) >= 11 is 0. The molecule has 19 heavy (non-hydrogen) atoms. The van der Waals surface area contributed by atoms with Crippen LogP contribution in [-0.4, -0.2) is 23.4 Å². The maximum Gasteiger partial charge on any atom is 0.247 e. The van der Waals surface area contributed by atoms with E-state index in [1.807, 2.05) is 0 Å². The van der Waals surface area contributed by atoms with Gasteiger partial charge in [0.2, 0.25) is 11.3 Å². The van der Waals surface area contributed by atoms with Crippen molar-refractivity contribution in [1.82, 2.24) is 10.6 Å². The van der Waals surface area contributed by atoms with Gasteiger partial charge in [0.15, 0.2) is 0 Å². The van der Waals surface area contributed by atoms with Crippen molar-refractivity contribution in [1.29, 1.82) is 0 Å². The Kier molecular flexibility index (Phi) is 6.09. The highest BCUT2D eigenvalue weighted by molar-refractivity contribution is 7.73. The van der Waals surface area contributed by atoms with Crippen molar-refractivity contribution in [2.45, 2.75) is 76.3 Å². The molecule has 0 aromatic carbocycles. The van der Waals surface area contributed by atoms with Crippen LogP contribution in [0, 0.1) is 0 Å². The Labute approximate surface area is 117 Å². The van der Waals surface area contributed by atoms with Crippen LogP contribution in [-0.2, 0) is 0 Å². The molecule has 0 saturated heterocycles. The highest BCUT2D eigenvalue weighted by Crippen LogP contribution is 2.22. The lowest BCUT2D eigenvalue weighted by atomic mass is 9.96. The topological polar surface area (TPSA) is 58.2 Å². The van der Waals surface area contributed by atoms with Crippen LogP contribution in [0.25, 0.3) is 0 Å². The average molecular weight is 284 g/mol. The molecule has 0 aliphatic heterocycles. The van der Waals surface area contributed by atoms with E-state index in [-0.39, 0.29) is 19.9 Å². The Morgan fingerprint density at radius 3 is 1.42 bits per heavy atom. The number of amides is 2. The molecule has 0 unspecified atom stereocenters. The fourth-order valence-electron chi connectivity index (χ4n) is 3.04. The highest BCUT2D eigenvalue weighted by Gasteiger charge is 2.20. The van der Waals surface area contributed by atoms with Gasteiger partial charge in [-0.05, 0) is 25.7 Å². The van der Waals surface area contributed by atoms with Gasteiger partial charge in [-0.2, -0.15) is 0 Å². The van der Waals surface area contributed by atoms with Gasteiger partial charge in [0, 0.05) is 12.1 Å². The van der Waals surface area contributed by atoms with Crippen LogP contribution >= 0.6 is 8.58 Å². The minimum atomic E-state index is -0.272. The average Bonchev–Trinajstić information content (AvgIpc) is 2.40. The molecular formula is C14H25N2O2P. The van der Waals surface area contributed by atoms with Gasteiger partial charge in [0.1, 0.15) is 0 Å². The van der Waals surface area contributed by atoms with Gasteiger partial charge >= 0.3 is 0 Å². The standard InChI is InChI=1S/C14H25N2O2P/c17-13(15-11-7-3-1-4-8-11)19-14(18)16-12-9-5-2-6-10-12/h11-12,19H,1-10H2,(H,15,17)(H,16,18). The predicted molar refractivity (Wildman–Crippen MR) is 79.1 cm³/mol. The minimum Gasteiger partial charge on any atom is -0.350 e. The maximum atomic E-state index is 11.8. The molecule has 2 aliphatic rings. The van der Waals surface area contributed by atoms with Crippen molar-refractivity contribution in [2.24, 2.45) is 0 Å². The van der Waals surface area contributed by atoms with E-state index < -0.39 is 0 Å². The first kappa shape index (κ1) is 14.8. The van der Waals surface area contributed by atoms with Crippen molar-refractivity contribution >= 4 is 19.9 Å². The number of nitrogens with one attached hydrogen (secondary N) is 2. The molecule has 0 spiro atoms. The molecule has 4 nitrogen and oxygen atoms in total. The largest absolute Gasteiger partial charge is 0.350 e. The molecule has 2 fully saturated rings. The van der Waals surface area contributed by atoms with Crippen molar-refractivity contribution in [3.63, 3.8) is 0 Å². The summed E-state index contributed by atoms with van der Waals surface area (Å²) < 4.78 is 0. The lowest BCUT2D eigenvalue weighted by Gasteiger charge is -2.24. The summed E-state index contributed by atoms with van der Waals surface area (Å²) in [4.78, 5) is 23.6. The van der Waals surface area contributed by atoms with E-state index >= 15 is 0 Å². The number of rotatable bonds is 4. The van der Waals surface area contributed by atoms with E-state index in [1.54, 1.807) is 0 Å². The van der Waals surface area contributed by atoms with Crippen molar-refractivity contribution in [3.05, 3.63) is 0 Å². The molecule has 2 rings (SSSR count). The Morgan fingerprint density at radius 1 is 0.684 bits per heavy atom. The van der Waals surface area contributed by atoms with Gasteiger partial charge < -0.3 is 10.6 Å². The molecule has 0 bridgehead atoms. The molecule has 2 saturated carbocycles. The first-order valence-electron chi connectivity index (χ1n) is 7.62. The van der Waals surface area contributed by atoms with Crippen LogP contribution in [0.5, 0.6) is 0 Å². The maximum absolute atomic E-state index is 11.8. The van der Waals surface area contributed by atoms with E-state index in [2.05, 4.69) is 10.6 Å². The summed E-state index contributed by atoms with van der Waals surface area (Å²) in [5, 5.41) is 6.00. The zero-order valence-electron chi connectivity index (χ0n) is 11.5. The SMILES string of the molecule is O=C(NC1CCCCC1)PC(=O)NC1CCCCC1. The quantitative estimate of drug-likeness (QED) is 0.772. The second kappa shape index (κ2) is 7.84. The first-order chi connectivity index (χ1) is 9.24. The number of carbonyl (C=O) groups excluding carboxylic acids is 2. The third-order valence-corrected chi connectivity index (χ3v) is 4.85. The first-order valence-corrected chi connectivity index (χ1v) is 8.62. The van der Waals surface area contributed by atoms with Crippen LogP contribution in [0.2, 0.25) is 0 Å². The Bertz CT molecular complexity index is 281. The van der Waals surface area contributed by atoms with Gasteiger partial charge in [0.25, 0.3) is 0 Å². The normalized spacial score (nSPS) is 21.9. The molecule has 0 atom stereocenters. The predicted octanol–water partition coefficient (Wildman–Crippen LogP) is 3.75. The molecule has 0 heterocycles. The van der Waals surface area contributed by atoms with Gasteiger partial charge in [0.05, 0.1) is 8.58 Å². The third-order valence-electron chi connectivity index (χ3n) is 4.11. The fraction of sp³-hybridized carbons (Fsp3) is 0.857. The van der Waals surface area contributed by atoms with Gasteiger partial charge in [-0.25, -0.2) is 0 Å². The monoisotopic (exact) mass is 284 g/mol. The third kappa shape index (κ3) is 5.48. The number of carbonyl (C=O) groups is 2. The molecular weight excluding hydrogens is 259 g/mol. The molecule has 2 amide bonds. The van der Waals surface area contributed by atoms with Crippen LogP contribution in [0.4, 0.5) is 9.59 Å². The lowest BCUT2D eigenvalue weighted by molar-refractivity contribution is 0.249. The van der Waals surface area contributed by atoms with Crippen LogP contribution in [0.3, 0.4) is 0 Å². The zero-order chi connectivity index (χ0) is 13.5. The van der Waals surface area contributed by atoms with E-state index in [4.69, 9.17) is 0 Å². The van der Waals surface area contributed by atoms with Gasteiger partial charge in [-0.15, -0.1) is 0 Å². The van der Waals surface area contributed by atoms with E-state index in [1.165, 1.54) is 38.5 Å². The molecule has 0 aromatic rings. The minimum absolute atomic E-state index is 0.0831. The molecule has 0 aromatic heterocycles. The summed E-state index contributed by atoms with van der Waals surface area (Å²) in [5.41, 5.74) is -0.166. The molecule has 108 valence electrons. The highest BCUT2D eigenvalue weighted by atomic mass is 31.1. The Morgan fingerprint density at radius 2 is 1.05 bits per heavy atom. The summed E-state index contributed by atoms with van der Waals surface area (Å²) in [6.45, 7) is 0. The second-order valence-corrected chi connectivity index (χ2v) is 6.90. The van der Waals surface area contributed by atoms with Crippen molar-refractivity contribution in [3.8, 4) is 0 Å². The van der Waals surface area contributed by atoms with Crippen molar-refractivity contribution in [2.75, 3.05) is 0 Å². The summed E-state index contributed by atoms with van der Waals surface area (Å²) in [5.74, 6) is 0. The number of hydrogen-bond acceptors (Lipinski definition) is 2. The lowest BCUT2D eigenvalue weighted by Crippen LogP contribution is -2.37. The summed E-state index contributed by atoms with van der Waals surface area (Å²) in [6, 6.07) is 0.604. The molecule has 2 N–H and O–H groups in total. The summed E-state index contributed by atoms with van der Waals surface area (Å²) in [6.07, 6.45) is 11.6. The zero-order valence-corrected chi connectivity index (χ0v) is 12.5. The van der Waals surface area contributed by atoms with Gasteiger partial charge in [-0.1, -0.05) is 38.5 Å². The fourth-order valence-corrected chi connectivity index (χ4v) is 3.80. The Balaban J connectivity index is 1.64. The smallest absolute Gasteiger partial charge is 0.247 e. The van der Waals surface area contributed by atoms with Crippen LogP contribution < -0.4 is 10.6 Å². The van der Waals surface area contributed by atoms with Gasteiger partial charge in [-0.3, -0.25) is 9.59 Å². The summed E-state index contributed by atoms with van der Waals surface area (Å²) in [7, 11) is -0.272. The molecule has 0 radical (unpaired) electrons. The van der Waals surface area contributed by atoms with E-state index in [0.717, 1.165) is 25.7 Å². The Hall–Kier alpha value is -0.630. The number of hydrogen-bond donors (Lipinski definition) is 2.